The van der Waals surface area contributed by atoms with Crippen LogP contribution in [0.15, 0.2) is 40.9 Å². The van der Waals surface area contributed by atoms with Crippen molar-refractivity contribution < 1.29 is 9.18 Å². The molecule has 1 aliphatic rings. The summed E-state index contributed by atoms with van der Waals surface area (Å²) in [6.07, 6.45) is 0.609. The minimum Gasteiger partial charge on any atom is -0.322 e. The van der Waals surface area contributed by atoms with Gasteiger partial charge in [0.15, 0.2) is 0 Å². The number of hydrogen-bond donors (Lipinski definition) is 3. The number of carbonyl (C=O) groups excluding carboxylic acids is 1. The first-order valence-electron chi connectivity index (χ1n) is 7.77. The SMILES string of the molecule is CC(N)(C(=O)Nc1ccc2c(c1F)CCNC2)c1ccc(Br)cc1. The summed E-state index contributed by atoms with van der Waals surface area (Å²) in [7, 11) is 0. The van der Waals surface area contributed by atoms with Gasteiger partial charge in [0, 0.05) is 11.0 Å². The van der Waals surface area contributed by atoms with E-state index in [-0.39, 0.29) is 11.5 Å². The molecule has 2 aromatic rings. The minimum absolute atomic E-state index is 0.175. The molecule has 0 aromatic heterocycles. The number of carbonyl (C=O) groups is 1. The normalized spacial score (nSPS) is 16.2. The third kappa shape index (κ3) is 3.22. The lowest BCUT2D eigenvalue weighted by atomic mass is 9.92. The average molecular weight is 392 g/mol. The van der Waals surface area contributed by atoms with Crippen molar-refractivity contribution >= 4 is 27.5 Å². The van der Waals surface area contributed by atoms with E-state index in [0.29, 0.717) is 24.1 Å². The molecule has 3 rings (SSSR count). The lowest BCUT2D eigenvalue weighted by molar-refractivity contribution is -0.120. The minimum atomic E-state index is -1.26. The molecule has 1 atom stereocenters. The first-order valence-corrected chi connectivity index (χ1v) is 8.56. The maximum absolute atomic E-state index is 14.7. The van der Waals surface area contributed by atoms with Gasteiger partial charge in [-0.05, 0) is 54.8 Å². The molecule has 1 heterocycles. The second kappa shape index (κ2) is 6.63. The highest BCUT2D eigenvalue weighted by Crippen LogP contribution is 2.27. The highest BCUT2D eigenvalue weighted by molar-refractivity contribution is 9.10. The highest BCUT2D eigenvalue weighted by atomic mass is 79.9. The third-order valence-corrected chi connectivity index (χ3v) is 4.90. The van der Waals surface area contributed by atoms with Crippen LogP contribution in [0.2, 0.25) is 0 Å². The molecule has 0 saturated heterocycles. The van der Waals surface area contributed by atoms with E-state index >= 15 is 0 Å². The third-order valence-electron chi connectivity index (χ3n) is 4.37. The lowest BCUT2D eigenvalue weighted by Crippen LogP contribution is -2.45. The van der Waals surface area contributed by atoms with Crippen LogP contribution in [-0.4, -0.2) is 12.5 Å². The number of benzene rings is 2. The van der Waals surface area contributed by atoms with Crippen molar-refractivity contribution in [2.45, 2.75) is 25.4 Å². The summed E-state index contributed by atoms with van der Waals surface area (Å²) in [5.41, 5.74) is 7.37. The molecular formula is C18H19BrFN3O. The van der Waals surface area contributed by atoms with Crippen LogP contribution in [0.3, 0.4) is 0 Å². The number of fused-ring (bicyclic) bond motifs is 1. The van der Waals surface area contributed by atoms with Crippen molar-refractivity contribution in [3.05, 3.63) is 63.4 Å². The van der Waals surface area contributed by atoms with Crippen molar-refractivity contribution in [2.75, 3.05) is 11.9 Å². The molecular weight excluding hydrogens is 373 g/mol. The molecule has 1 aliphatic heterocycles. The fourth-order valence-electron chi connectivity index (χ4n) is 2.81. The quantitative estimate of drug-likeness (QED) is 0.752. The Morgan fingerprint density at radius 2 is 2.00 bits per heavy atom. The zero-order chi connectivity index (χ0) is 17.3. The van der Waals surface area contributed by atoms with Gasteiger partial charge in [0.2, 0.25) is 5.91 Å². The molecule has 24 heavy (non-hydrogen) atoms. The summed E-state index contributed by atoms with van der Waals surface area (Å²) in [4.78, 5) is 12.6. The predicted octanol–water partition coefficient (Wildman–Crippen LogP) is 3.05. The van der Waals surface area contributed by atoms with E-state index in [1.807, 2.05) is 18.2 Å². The Balaban J connectivity index is 1.85. The second-order valence-electron chi connectivity index (χ2n) is 6.15. The van der Waals surface area contributed by atoms with Gasteiger partial charge in [-0.1, -0.05) is 34.1 Å². The lowest BCUT2D eigenvalue weighted by Gasteiger charge is -2.25. The summed E-state index contributed by atoms with van der Waals surface area (Å²) in [6.45, 7) is 2.99. The van der Waals surface area contributed by atoms with Gasteiger partial charge in [-0.15, -0.1) is 0 Å². The molecule has 2 aromatic carbocycles. The van der Waals surface area contributed by atoms with Gasteiger partial charge in [-0.3, -0.25) is 4.79 Å². The molecule has 4 nitrogen and oxygen atoms in total. The zero-order valence-electron chi connectivity index (χ0n) is 13.3. The molecule has 6 heteroatoms. The summed E-state index contributed by atoms with van der Waals surface area (Å²) >= 11 is 3.35. The fraction of sp³-hybridized carbons (Fsp3) is 0.278. The average Bonchev–Trinajstić information content (AvgIpc) is 2.58. The van der Waals surface area contributed by atoms with Crippen LogP contribution in [0.25, 0.3) is 0 Å². The van der Waals surface area contributed by atoms with Gasteiger partial charge in [0.1, 0.15) is 11.4 Å². The maximum atomic E-state index is 14.7. The summed E-state index contributed by atoms with van der Waals surface area (Å²) in [5.74, 6) is -0.813. The largest absolute Gasteiger partial charge is 0.322 e. The summed E-state index contributed by atoms with van der Waals surface area (Å²) < 4.78 is 15.6. The van der Waals surface area contributed by atoms with Crippen LogP contribution in [0.1, 0.15) is 23.6 Å². The zero-order valence-corrected chi connectivity index (χ0v) is 14.9. The number of amides is 1. The van der Waals surface area contributed by atoms with E-state index in [4.69, 9.17) is 5.73 Å². The van der Waals surface area contributed by atoms with Crippen LogP contribution >= 0.6 is 15.9 Å². The van der Waals surface area contributed by atoms with E-state index in [0.717, 1.165) is 16.6 Å². The van der Waals surface area contributed by atoms with Crippen LogP contribution in [0, 0.1) is 5.82 Å². The number of anilines is 1. The molecule has 0 fully saturated rings. The molecule has 0 spiro atoms. The van der Waals surface area contributed by atoms with Crippen LogP contribution in [-0.2, 0) is 23.3 Å². The first-order chi connectivity index (χ1) is 11.4. The Hall–Kier alpha value is -1.76. The van der Waals surface area contributed by atoms with E-state index in [2.05, 4.69) is 26.6 Å². The van der Waals surface area contributed by atoms with Gasteiger partial charge in [-0.2, -0.15) is 0 Å². The van der Waals surface area contributed by atoms with Crippen molar-refractivity contribution in [3.63, 3.8) is 0 Å². The van der Waals surface area contributed by atoms with Gasteiger partial charge < -0.3 is 16.4 Å². The number of rotatable bonds is 3. The topological polar surface area (TPSA) is 67.2 Å². The Morgan fingerprint density at radius 1 is 1.29 bits per heavy atom. The molecule has 0 saturated carbocycles. The summed E-state index contributed by atoms with van der Waals surface area (Å²) in [6, 6.07) is 10.6. The Morgan fingerprint density at radius 3 is 2.71 bits per heavy atom. The highest BCUT2D eigenvalue weighted by Gasteiger charge is 2.31. The molecule has 0 aliphatic carbocycles. The summed E-state index contributed by atoms with van der Waals surface area (Å²) in [5, 5.41) is 5.84. The van der Waals surface area contributed by atoms with Crippen LogP contribution < -0.4 is 16.4 Å². The molecule has 126 valence electrons. The first kappa shape index (κ1) is 17.1. The Labute approximate surface area is 148 Å². The van der Waals surface area contributed by atoms with Crippen molar-refractivity contribution in [3.8, 4) is 0 Å². The standard InChI is InChI=1S/C18H19BrFN3O/c1-18(21,12-3-5-13(19)6-4-12)17(24)23-15-7-2-11-10-22-9-8-14(11)16(15)20/h2-7,22H,8-10,21H2,1H3,(H,23,24). The molecule has 0 radical (unpaired) electrons. The number of nitrogens with one attached hydrogen (secondary N) is 2. The van der Waals surface area contributed by atoms with Gasteiger partial charge in [0.25, 0.3) is 0 Å². The number of hydrogen-bond acceptors (Lipinski definition) is 3. The van der Waals surface area contributed by atoms with Crippen LogP contribution in [0.4, 0.5) is 10.1 Å². The molecule has 1 unspecified atom stereocenters. The monoisotopic (exact) mass is 391 g/mol. The Bertz CT molecular complexity index is 775. The Kier molecular flexibility index (Phi) is 4.71. The van der Waals surface area contributed by atoms with Crippen molar-refractivity contribution in [1.82, 2.24) is 5.32 Å². The van der Waals surface area contributed by atoms with E-state index in [9.17, 15) is 9.18 Å². The van der Waals surface area contributed by atoms with E-state index in [1.54, 1.807) is 25.1 Å². The maximum Gasteiger partial charge on any atom is 0.248 e. The van der Waals surface area contributed by atoms with E-state index in [1.165, 1.54) is 0 Å². The number of nitrogens with two attached hydrogens (primary N) is 1. The predicted molar refractivity (Wildman–Crippen MR) is 96.1 cm³/mol. The van der Waals surface area contributed by atoms with Gasteiger partial charge in [-0.25, -0.2) is 4.39 Å². The van der Waals surface area contributed by atoms with E-state index < -0.39 is 11.4 Å². The second-order valence-corrected chi connectivity index (χ2v) is 7.07. The van der Waals surface area contributed by atoms with Crippen molar-refractivity contribution in [2.24, 2.45) is 5.73 Å². The molecule has 1 amide bonds. The molecule has 0 bridgehead atoms. The van der Waals surface area contributed by atoms with Crippen molar-refractivity contribution in [1.29, 1.82) is 0 Å². The molecule has 4 N–H and O–H groups in total. The van der Waals surface area contributed by atoms with Crippen LogP contribution in [0.5, 0.6) is 0 Å². The van der Waals surface area contributed by atoms with Gasteiger partial charge >= 0.3 is 0 Å². The number of halogens is 2. The van der Waals surface area contributed by atoms with Gasteiger partial charge in [0.05, 0.1) is 5.69 Å². The fourth-order valence-corrected chi connectivity index (χ4v) is 3.07. The smallest absolute Gasteiger partial charge is 0.248 e.